The summed E-state index contributed by atoms with van der Waals surface area (Å²) in [4.78, 5) is 4.52. The third-order valence-corrected chi connectivity index (χ3v) is 3.98. The van der Waals surface area contributed by atoms with Crippen LogP contribution in [-0.2, 0) is 26.0 Å². The largest absolute Gasteiger partial charge is 0.496 e. The van der Waals surface area contributed by atoms with Gasteiger partial charge in [-0.15, -0.1) is 0 Å². The van der Waals surface area contributed by atoms with Crippen molar-refractivity contribution in [2.24, 2.45) is 0 Å². The molecule has 0 amide bonds. The van der Waals surface area contributed by atoms with E-state index in [0.29, 0.717) is 0 Å². The number of aryl methyl sites for hydroxylation is 1. The molecule has 0 fully saturated rings. The molecule has 4 heteroatoms. The van der Waals surface area contributed by atoms with E-state index >= 15 is 0 Å². The van der Waals surface area contributed by atoms with E-state index < -0.39 is 0 Å². The summed E-state index contributed by atoms with van der Waals surface area (Å²) in [5, 5.41) is 9.28. The maximum atomic E-state index is 9.28. The van der Waals surface area contributed by atoms with Crippen molar-refractivity contribution in [2.75, 3.05) is 7.11 Å². The highest BCUT2D eigenvalue weighted by molar-refractivity contribution is 5.37. The number of benzene rings is 1. The Morgan fingerprint density at radius 3 is 2.95 bits per heavy atom. The number of imidazole rings is 1. The van der Waals surface area contributed by atoms with E-state index in [9.17, 15) is 5.11 Å². The second-order valence-corrected chi connectivity index (χ2v) is 5.28. The summed E-state index contributed by atoms with van der Waals surface area (Å²) in [7, 11) is 1.68. The smallest absolute Gasteiger partial charge is 0.123 e. The molecule has 1 aromatic heterocycles. The second kappa shape index (κ2) is 5.67. The van der Waals surface area contributed by atoms with Crippen LogP contribution < -0.4 is 4.74 Å². The molecule has 3 rings (SSSR count). The molecule has 0 atom stereocenters. The van der Waals surface area contributed by atoms with Gasteiger partial charge in [0.2, 0.25) is 0 Å². The number of hydrogen-bond donors (Lipinski definition) is 1. The summed E-state index contributed by atoms with van der Waals surface area (Å²) < 4.78 is 7.64. The second-order valence-electron chi connectivity index (χ2n) is 5.28. The Kier molecular flexibility index (Phi) is 3.74. The van der Waals surface area contributed by atoms with Gasteiger partial charge >= 0.3 is 0 Å². The number of aliphatic hydroxyl groups is 1. The van der Waals surface area contributed by atoms with Crippen LogP contribution in [0.3, 0.4) is 0 Å². The van der Waals surface area contributed by atoms with E-state index in [1.807, 2.05) is 24.5 Å². The van der Waals surface area contributed by atoms with Crippen molar-refractivity contribution in [3.63, 3.8) is 0 Å². The Labute approximate surface area is 119 Å². The Bertz CT molecular complexity index is 605. The van der Waals surface area contributed by atoms with Crippen molar-refractivity contribution < 1.29 is 9.84 Å². The Morgan fingerprint density at radius 2 is 2.15 bits per heavy atom. The Balaban J connectivity index is 1.92. The average molecular weight is 272 g/mol. The van der Waals surface area contributed by atoms with Crippen molar-refractivity contribution in [1.29, 1.82) is 0 Å². The maximum absolute atomic E-state index is 9.28. The molecule has 1 heterocycles. The molecule has 0 saturated carbocycles. The summed E-state index contributed by atoms with van der Waals surface area (Å²) in [6, 6.07) is 5.82. The van der Waals surface area contributed by atoms with Gasteiger partial charge in [0, 0.05) is 11.3 Å². The van der Waals surface area contributed by atoms with Crippen LogP contribution in [0.5, 0.6) is 5.75 Å². The zero-order valence-corrected chi connectivity index (χ0v) is 11.8. The number of ether oxygens (including phenoxy) is 1. The minimum absolute atomic E-state index is 0.0546. The zero-order valence-electron chi connectivity index (χ0n) is 11.8. The van der Waals surface area contributed by atoms with Gasteiger partial charge in [-0.05, 0) is 43.4 Å². The van der Waals surface area contributed by atoms with Gasteiger partial charge in [-0.3, -0.25) is 0 Å². The van der Waals surface area contributed by atoms with Gasteiger partial charge in [-0.2, -0.15) is 0 Å². The van der Waals surface area contributed by atoms with Crippen LogP contribution >= 0.6 is 0 Å². The van der Waals surface area contributed by atoms with Crippen molar-refractivity contribution in [2.45, 2.75) is 38.8 Å². The van der Waals surface area contributed by atoms with E-state index in [1.165, 1.54) is 24.2 Å². The highest BCUT2D eigenvalue weighted by Crippen LogP contribution is 2.25. The molecule has 1 aromatic carbocycles. The van der Waals surface area contributed by atoms with Crippen molar-refractivity contribution in [3.05, 3.63) is 47.0 Å². The number of fused-ring (bicyclic) bond motifs is 1. The fourth-order valence-corrected chi connectivity index (χ4v) is 2.90. The molecule has 0 aliphatic heterocycles. The molecule has 4 nitrogen and oxygen atoms in total. The van der Waals surface area contributed by atoms with Gasteiger partial charge in [0.1, 0.15) is 5.75 Å². The van der Waals surface area contributed by atoms with Crippen molar-refractivity contribution in [1.82, 2.24) is 9.55 Å². The summed E-state index contributed by atoms with van der Waals surface area (Å²) in [6.45, 7) is 0.804. The lowest BCUT2D eigenvalue weighted by atomic mass is 10.0. The lowest BCUT2D eigenvalue weighted by molar-refractivity contribution is 0.281. The highest BCUT2D eigenvalue weighted by Gasteiger charge is 2.16. The summed E-state index contributed by atoms with van der Waals surface area (Å²) in [6.07, 6.45) is 6.62. The first-order valence-electron chi connectivity index (χ1n) is 7.11. The van der Waals surface area contributed by atoms with Crippen LogP contribution in [0.25, 0.3) is 0 Å². The number of aliphatic hydroxyl groups excluding tert-OH is 1. The first-order chi connectivity index (χ1) is 9.81. The molecule has 20 heavy (non-hydrogen) atoms. The molecule has 1 aliphatic rings. The fourth-order valence-electron chi connectivity index (χ4n) is 2.90. The number of hydrogen-bond acceptors (Lipinski definition) is 3. The van der Waals surface area contributed by atoms with E-state index in [4.69, 9.17) is 4.74 Å². The maximum Gasteiger partial charge on any atom is 0.123 e. The lowest BCUT2D eigenvalue weighted by Crippen LogP contribution is -2.09. The van der Waals surface area contributed by atoms with Crippen LogP contribution in [0.2, 0.25) is 0 Å². The van der Waals surface area contributed by atoms with Crippen molar-refractivity contribution in [3.8, 4) is 5.75 Å². The van der Waals surface area contributed by atoms with Crippen molar-refractivity contribution >= 4 is 0 Å². The summed E-state index contributed by atoms with van der Waals surface area (Å²) in [5.41, 5.74) is 4.60. The van der Waals surface area contributed by atoms with E-state index in [0.717, 1.165) is 36.3 Å². The SMILES string of the molecule is COc1ccc(CO)cc1Cn1cnc2c1CCCC2. The molecule has 106 valence electrons. The average Bonchev–Trinajstić information content (AvgIpc) is 2.90. The van der Waals surface area contributed by atoms with Gasteiger partial charge < -0.3 is 14.4 Å². The molecular formula is C16H20N2O2. The zero-order chi connectivity index (χ0) is 13.9. The molecular weight excluding hydrogens is 252 g/mol. The summed E-state index contributed by atoms with van der Waals surface area (Å²) in [5.74, 6) is 0.862. The van der Waals surface area contributed by atoms with E-state index in [2.05, 4.69) is 9.55 Å². The van der Waals surface area contributed by atoms with Crippen LogP contribution in [0.4, 0.5) is 0 Å². The highest BCUT2D eigenvalue weighted by atomic mass is 16.5. The topological polar surface area (TPSA) is 47.3 Å². The standard InChI is InChI=1S/C16H20N2O2/c1-20-16-7-6-12(10-19)8-13(16)9-18-11-17-14-4-2-3-5-15(14)18/h6-8,11,19H,2-5,9-10H2,1H3. The number of aromatic nitrogens is 2. The first-order valence-corrected chi connectivity index (χ1v) is 7.11. The number of rotatable bonds is 4. The lowest BCUT2D eigenvalue weighted by Gasteiger charge is -2.16. The van der Waals surface area contributed by atoms with Gasteiger partial charge in [0.25, 0.3) is 0 Å². The van der Waals surface area contributed by atoms with Crippen LogP contribution in [0.1, 0.15) is 35.4 Å². The third-order valence-electron chi connectivity index (χ3n) is 3.98. The monoisotopic (exact) mass is 272 g/mol. The predicted molar refractivity (Wildman–Crippen MR) is 76.9 cm³/mol. The van der Waals surface area contributed by atoms with Gasteiger partial charge in [0.15, 0.2) is 0 Å². The minimum Gasteiger partial charge on any atom is -0.496 e. The molecule has 2 aromatic rings. The number of methoxy groups -OCH3 is 1. The Hall–Kier alpha value is -1.81. The Morgan fingerprint density at radius 1 is 1.30 bits per heavy atom. The summed E-state index contributed by atoms with van der Waals surface area (Å²) >= 11 is 0. The van der Waals surface area contributed by atoms with Gasteiger partial charge in [0.05, 0.1) is 32.3 Å². The van der Waals surface area contributed by atoms with Crippen LogP contribution in [0.15, 0.2) is 24.5 Å². The number of nitrogens with zero attached hydrogens (tertiary/aromatic N) is 2. The molecule has 1 N–H and O–H groups in total. The van der Waals surface area contributed by atoms with Crippen LogP contribution in [-0.4, -0.2) is 21.8 Å². The van der Waals surface area contributed by atoms with Gasteiger partial charge in [-0.25, -0.2) is 4.98 Å². The van der Waals surface area contributed by atoms with E-state index in [-0.39, 0.29) is 6.61 Å². The fraction of sp³-hybridized carbons (Fsp3) is 0.438. The molecule has 0 radical (unpaired) electrons. The molecule has 0 saturated heterocycles. The van der Waals surface area contributed by atoms with E-state index in [1.54, 1.807) is 7.11 Å². The normalized spacial score (nSPS) is 14.1. The predicted octanol–water partition coefficient (Wildman–Crippen LogP) is 2.31. The van der Waals surface area contributed by atoms with Gasteiger partial charge in [-0.1, -0.05) is 6.07 Å². The molecule has 0 bridgehead atoms. The first kappa shape index (κ1) is 13.2. The molecule has 0 spiro atoms. The molecule has 1 aliphatic carbocycles. The minimum atomic E-state index is 0.0546. The quantitative estimate of drug-likeness (QED) is 0.929. The van der Waals surface area contributed by atoms with Crippen LogP contribution in [0, 0.1) is 0 Å². The third kappa shape index (κ3) is 2.43. The molecule has 0 unspecified atom stereocenters.